The maximum absolute atomic E-state index is 10.9. The van der Waals surface area contributed by atoms with Crippen molar-refractivity contribution in [2.24, 2.45) is 0 Å². The molecule has 106 valence electrons. The van der Waals surface area contributed by atoms with Crippen LogP contribution in [0.2, 0.25) is 0 Å². The first-order valence-corrected chi connectivity index (χ1v) is 6.96. The molecule has 3 aromatic rings. The number of aromatic nitrogens is 1. The van der Waals surface area contributed by atoms with E-state index in [-0.39, 0.29) is 18.0 Å². The van der Waals surface area contributed by atoms with Crippen molar-refractivity contribution in [2.45, 2.75) is 6.61 Å². The quantitative estimate of drug-likeness (QED) is 0.527. The Labute approximate surface area is 123 Å². The summed E-state index contributed by atoms with van der Waals surface area (Å²) in [6.07, 6.45) is 1.49. The molecule has 2 aromatic heterocycles. The topological polar surface area (TPSA) is 78.4 Å². The zero-order chi connectivity index (χ0) is 14.7. The Balaban J connectivity index is 1.73. The predicted molar refractivity (Wildman–Crippen MR) is 77.2 cm³/mol. The van der Waals surface area contributed by atoms with E-state index in [1.165, 1.54) is 23.7 Å². The predicted octanol–water partition coefficient (Wildman–Crippen LogP) is 3.89. The van der Waals surface area contributed by atoms with Gasteiger partial charge in [0.05, 0.1) is 9.80 Å². The Morgan fingerprint density at radius 2 is 2.14 bits per heavy atom. The lowest BCUT2D eigenvalue weighted by molar-refractivity contribution is -0.385. The molecular formula is C14H10N2O4S. The van der Waals surface area contributed by atoms with Crippen LogP contribution in [0, 0.1) is 10.1 Å². The average Bonchev–Trinajstić information content (AvgIpc) is 3.16. The molecule has 0 bridgehead atoms. The van der Waals surface area contributed by atoms with Crippen molar-refractivity contribution in [2.75, 3.05) is 0 Å². The van der Waals surface area contributed by atoms with Crippen molar-refractivity contribution in [1.29, 1.82) is 0 Å². The summed E-state index contributed by atoms with van der Waals surface area (Å²) in [6.45, 7) is 0.111. The third-order valence-corrected chi connectivity index (χ3v) is 3.58. The molecule has 0 saturated carbocycles. The number of para-hydroxylation sites is 2. The Bertz CT molecular complexity index is 752. The van der Waals surface area contributed by atoms with Gasteiger partial charge in [-0.3, -0.25) is 10.1 Å². The van der Waals surface area contributed by atoms with Crippen LogP contribution in [-0.4, -0.2) is 9.91 Å². The Morgan fingerprint density at radius 1 is 1.29 bits per heavy atom. The van der Waals surface area contributed by atoms with Crippen molar-refractivity contribution in [3.05, 3.63) is 63.8 Å². The first kappa shape index (κ1) is 13.3. The summed E-state index contributed by atoms with van der Waals surface area (Å²) in [5.41, 5.74) is 0.510. The highest BCUT2D eigenvalue weighted by Crippen LogP contribution is 2.27. The summed E-state index contributed by atoms with van der Waals surface area (Å²) < 4.78 is 10.8. The fourth-order valence-corrected chi connectivity index (χ4v) is 2.42. The number of thiophene rings is 1. The standard InChI is InChI=1S/C14H10N2O4S/c17-16(18)11-4-1-2-5-12(11)19-8-10-9-20-14(15-10)13-6-3-7-21-13/h1-7,9H,8H2. The second kappa shape index (κ2) is 5.76. The number of benzene rings is 1. The van der Waals surface area contributed by atoms with E-state index in [9.17, 15) is 10.1 Å². The van der Waals surface area contributed by atoms with Gasteiger partial charge in [0, 0.05) is 6.07 Å². The Morgan fingerprint density at radius 3 is 2.90 bits per heavy atom. The minimum atomic E-state index is -0.477. The Kier molecular flexibility index (Phi) is 3.65. The van der Waals surface area contributed by atoms with Gasteiger partial charge >= 0.3 is 5.69 Å². The van der Waals surface area contributed by atoms with E-state index >= 15 is 0 Å². The van der Waals surface area contributed by atoms with Crippen molar-refractivity contribution >= 4 is 17.0 Å². The van der Waals surface area contributed by atoms with Gasteiger partial charge in [-0.1, -0.05) is 18.2 Å². The molecule has 1 aromatic carbocycles. The molecule has 7 heteroatoms. The number of ether oxygens (including phenoxy) is 1. The minimum Gasteiger partial charge on any atom is -0.480 e. The number of nitro benzene ring substituents is 1. The van der Waals surface area contributed by atoms with Gasteiger partial charge in [-0.15, -0.1) is 11.3 Å². The molecule has 3 rings (SSSR count). The third kappa shape index (κ3) is 2.92. The highest BCUT2D eigenvalue weighted by atomic mass is 32.1. The largest absolute Gasteiger partial charge is 0.480 e. The van der Waals surface area contributed by atoms with Crippen molar-refractivity contribution in [3.8, 4) is 16.5 Å². The number of oxazole rings is 1. The number of hydrogen-bond donors (Lipinski definition) is 0. The molecule has 0 fully saturated rings. The molecule has 0 radical (unpaired) electrons. The lowest BCUT2D eigenvalue weighted by Crippen LogP contribution is -1.99. The molecule has 0 aliphatic rings. The maximum atomic E-state index is 10.9. The minimum absolute atomic E-state index is 0.0699. The molecular weight excluding hydrogens is 292 g/mol. The molecule has 21 heavy (non-hydrogen) atoms. The average molecular weight is 302 g/mol. The SMILES string of the molecule is O=[N+]([O-])c1ccccc1OCc1coc(-c2cccs2)n1. The van der Waals surface area contributed by atoms with Gasteiger partial charge in [0.15, 0.2) is 5.75 Å². The first-order chi connectivity index (χ1) is 10.2. The van der Waals surface area contributed by atoms with E-state index in [0.29, 0.717) is 11.6 Å². The van der Waals surface area contributed by atoms with Crippen LogP contribution < -0.4 is 4.74 Å². The van der Waals surface area contributed by atoms with Gasteiger partial charge in [0.2, 0.25) is 5.89 Å². The van der Waals surface area contributed by atoms with E-state index in [1.807, 2.05) is 17.5 Å². The van der Waals surface area contributed by atoms with Gasteiger partial charge in [-0.05, 0) is 17.5 Å². The van der Waals surface area contributed by atoms with Crippen LogP contribution >= 0.6 is 11.3 Å². The van der Waals surface area contributed by atoms with E-state index in [2.05, 4.69) is 4.98 Å². The molecule has 2 heterocycles. The zero-order valence-electron chi connectivity index (χ0n) is 10.8. The maximum Gasteiger partial charge on any atom is 0.310 e. The second-order valence-corrected chi connectivity index (χ2v) is 5.08. The van der Waals surface area contributed by atoms with Crippen molar-refractivity contribution in [3.63, 3.8) is 0 Å². The summed E-state index contributed by atoms with van der Waals surface area (Å²) in [5.74, 6) is 0.731. The molecule has 0 aliphatic heterocycles. The van der Waals surface area contributed by atoms with Crippen molar-refractivity contribution in [1.82, 2.24) is 4.98 Å². The molecule has 0 saturated heterocycles. The molecule has 0 atom stereocenters. The molecule has 0 spiro atoms. The van der Waals surface area contributed by atoms with Gasteiger partial charge in [-0.2, -0.15) is 0 Å². The fourth-order valence-electron chi connectivity index (χ4n) is 1.77. The first-order valence-electron chi connectivity index (χ1n) is 6.08. The number of hydrogen-bond acceptors (Lipinski definition) is 6. The van der Waals surface area contributed by atoms with E-state index < -0.39 is 4.92 Å². The molecule has 6 nitrogen and oxygen atoms in total. The molecule has 0 amide bonds. The van der Waals surface area contributed by atoms with Crippen LogP contribution in [0.15, 0.2) is 52.5 Å². The summed E-state index contributed by atoms with van der Waals surface area (Å²) in [5, 5.41) is 12.8. The monoisotopic (exact) mass is 302 g/mol. The van der Waals surface area contributed by atoms with Gasteiger partial charge < -0.3 is 9.15 Å². The number of rotatable bonds is 5. The third-order valence-electron chi connectivity index (χ3n) is 2.72. The van der Waals surface area contributed by atoms with Crippen LogP contribution in [0.5, 0.6) is 5.75 Å². The van der Waals surface area contributed by atoms with Crippen LogP contribution in [-0.2, 0) is 6.61 Å². The second-order valence-electron chi connectivity index (χ2n) is 4.13. The Hall–Kier alpha value is -2.67. The van der Waals surface area contributed by atoms with Crippen LogP contribution in [0.4, 0.5) is 5.69 Å². The van der Waals surface area contributed by atoms with Gasteiger partial charge in [0.25, 0.3) is 0 Å². The molecule has 0 N–H and O–H groups in total. The number of nitrogens with zero attached hydrogens (tertiary/aromatic N) is 2. The van der Waals surface area contributed by atoms with Gasteiger partial charge in [-0.25, -0.2) is 4.98 Å². The van der Waals surface area contributed by atoms with E-state index in [4.69, 9.17) is 9.15 Å². The molecule has 0 unspecified atom stereocenters. The zero-order valence-corrected chi connectivity index (χ0v) is 11.6. The normalized spacial score (nSPS) is 10.5. The summed E-state index contributed by atoms with van der Waals surface area (Å²) in [6, 6.07) is 10.0. The summed E-state index contributed by atoms with van der Waals surface area (Å²) >= 11 is 1.52. The smallest absolute Gasteiger partial charge is 0.310 e. The van der Waals surface area contributed by atoms with Crippen molar-refractivity contribution < 1.29 is 14.1 Å². The lowest BCUT2D eigenvalue weighted by atomic mass is 10.3. The van der Waals surface area contributed by atoms with Gasteiger partial charge in [0.1, 0.15) is 18.6 Å². The van der Waals surface area contributed by atoms with E-state index in [1.54, 1.807) is 18.2 Å². The van der Waals surface area contributed by atoms with Crippen LogP contribution in [0.25, 0.3) is 10.8 Å². The summed E-state index contributed by atoms with van der Waals surface area (Å²) in [7, 11) is 0. The fraction of sp³-hybridized carbons (Fsp3) is 0.0714. The van der Waals surface area contributed by atoms with E-state index in [0.717, 1.165) is 4.88 Å². The van der Waals surface area contributed by atoms with Crippen LogP contribution in [0.1, 0.15) is 5.69 Å². The summed E-state index contributed by atoms with van der Waals surface area (Å²) in [4.78, 5) is 15.6. The molecule has 0 aliphatic carbocycles. The lowest BCUT2D eigenvalue weighted by Gasteiger charge is -2.03. The number of nitro groups is 1. The highest BCUT2D eigenvalue weighted by molar-refractivity contribution is 7.13. The van der Waals surface area contributed by atoms with Crippen LogP contribution in [0.3, 0.4) is 0 Å². The highest BCUT2D eigenvalue weighted by Gasteiger charge is 2.14.